The zero-order chi connectivity index (χ0) is 6.95. The molecule has 0 atom stereocenters. The Morgan fingerprint density at radius 1 is 1.60 bits per heavy atom. The second-order valence-corrected chi connectivity index (χ2v) is 4.85. The minimum atomic E-state index is -0.849. The molecule has 0 aromatic rings. The average Bonchev–Trinajstić information content (AvgIpc) is 1.89. The summed E-state index contributed by atoms with van der Waals surface area (Å²) in [6.45, 7) is 3.01. The Kier molecular flexibility index (Phi) is 16.5. The Morgan fingerprint density at radius 2 is 2.30 bits per heavy atom. The van der Waals surface area contributed by atoms with Crippen LogP contribution in [0.3, 0.4) is 0 Å². The fourth-order valence-corrected chi connectivity index (χ4v) is 1.89. The van der Waals surface area contributed by atoms with Crippen LogP contribution in [0.1, 0.15) is 19.8 Å². The van der Waals surface area contributed by atoms with Gasteiger partial charge in [0.2, 0.25) is 0 Å². The molecule has 0 N–H and O–H groups in total. The van der Waals surface area contributed by atoms with Crippen LogP contribution in [-0.4, -0.2) is 12.9 Å². The Balaban J connectivity index is 0. The summed E-state index contributed by atoms with van der Waals surface area (Å²) in [7, 11) is 0. The van der Waals surface area contributed by atoms with E-state index in [1.54, 1.807) is 0 Å². The first-order chi connectivity index (χ1) is 4.41. The normalized spacial score (nSPS) is 7.70. The van der Waals surface area contributed by atoms with Crippen LogP contribution in [0.15, 0.2) is 0 Å². The first-order valence-electron chi connectivity index (χ1n) is 3.43. The molecule has 58 valence electrons. The van der Waals surface area contributed by atoms with Crippen LogP contribution in [-0.2, 0) is 25.8 Å². The number of hydrogen-bond donors (Lipinski definition) is 0. The molecule has 0 fully saturated rings. The topological polar surface area (TPSA) is 26.3 Å². The maximum atomic E-state index is 9.80. The predicted molar refractivity (Wildman–Crippen MR) is 42.1 cm³/mol. The molecular formula is C6H13BrO2Zn. The number of unbranched alkanes of at least 4 members (excludes halogenated alkanes) is 1. The fraction of sp³-hybridized carbons (Fsp3) is 0.833. The van der Waals surface area contributed by atoms with E-state index in [-0.39, 0.29) is 17.0 Å². The second-order valence-electron chi connectivity index (χ2n) is 1.92. The maximum absolute atomic E-state index is 9.80. The molecule has 4 heteroatoms. The standard InChI is InChI=1S/C4H9O.C2H3O.BrH.Zn/c1-2-3-4-5;1-2-3;;/h2-4H2,1H3;2H,1H2;1H;/q-1;;;+1. The Labute approximate surface area is 80.5 Å². The van der Waals surface area contributed by atoms with Crippen LogP contribution < -0.4 is 0 Å². The molecule has 0 aliphatic carbocycles. The SMILES string of the molecule is Br.CCCC[O][Zn][CH2]C=O. The van der Waals surface area contributed by atoms with Crippen LogP contribution in [0.25, 0.3) is 0 Å². The fourth-order valence-electron chi connectivity index (χ4n) is 0.480. The van der Waals surface area contributed by atoms with E-state index in [2.05, 4.69) is 6.92 Å². The molecule has 0 aromatic heterocycles. The summed E-state index contributed by atoms with van der Waals surface area (Å²) in [6, 6.07) is 0. The molecule has 0 unspecified atom stereocenters. The molecule has 0 radical (unpaired) electrons. The first-order valence-corrected chi connectivity index (χ1v) is 6.74. The Bertz CT molecular complexity index is 70.8. The molecule has 10 heavy (non-hydrogen) atoms. The summed E-state index contributed by atoms with van der Waals surface area (Å²) in [4.78, 5) is 9.80. The van der Waals surface area contributed by atoms with Gasteiger partial charge in [0.15, 0.2) is 0 Å². The van der Waals surface area contributed by atoms with Crippen molar-refractivity contribution in [3.63, 3.8) is 0 Å². The van der Waals surface area contributed by atoms with E-state index < -0.39 is 17.5 Å². The van der Waals surface area contributed by atoms with E-state index >= 15 is 0 Å². The predicted octanol–water partition coefficient (Wildman–Crippen LogP) is 2.00. The third kappa shape index (κ3) is 11.5. The van der Waals surface area contributed by atoms with Gasteiger partial charge in [-0.25, -0.2) is 0 Å². The number of hydrogen-bond acceptors (Lipinski definition) is 2. The van der Waals surface area contributed by atoms with Crippen molar-refractivity contribution >= 4 is 23.3 Å². The van der Waals surface area contributed by atoms with Gasteiger partial charge in [0.25, 0.3) is 0 Å². The molecular weight excluding hydrogens is 249 g/mol. The van der Waals surface area contributed by atoms with Gasteiger partial charge >= 0.3 is 63.5 Å². The molecule has 0 bridgehead atoms. The molecule has 0 aliphatic heterocycles. The van der Waals surface area contributed by atoms with Crippen molar-refractivity contribution in [2.24, 2.45) is 0 Å². The summed E-state index contributed by atoms with van der Waals surface area (Å²) >= 11 is -0.849. The number of aldehydes is 1. The van der Waals surface area contributed by atoms with Crippen molar-refractivity contribution in [2.75, 3.05) is 6.61 Å². The van der Waals surface area contributed by atoms with Gasteiger partial charge in [0, 0.05) is 0 Å². The van der Waals surface area contributed by atoms with Gasteiger partial charge in [-0.2, -0.15) is 0 Å². The summed E-state index contributed by atoms with van der Waals surface area (Å²) in [5.41, 5.74) is 0. The third-order valence-corrected chi connectivity index (χ3v) is 3.22. The van der Waals surface area contributed by atoms with E-state index in [0.717, 1.165) is 24.3 Å². The van der Waals surface area contributed by atoms with Crippen LogP contribution in [0, 0.1) is 0 Å². The van der Waals surface area contributed by atoms with Crippen molar-refractivity contribution in [1.29, 1.82) is 0 Å². The zero-order valence-electron chi connectivity index (χ0n) is 6.34. The van der Waals surface area contributed by atoms with Gasteiger partial charge in [-0.3, -0.25) is 0 Å². The van der Waals surface area contributed by atoms with Crippen LogP contribution in [0.4, 0.5) is 0 Å². The van der Waals surface area contributed by atoms with Crippen molar-refractivity contribution in [3.05, 3.63) is 0 Å². The minimum absolute atomic E-state index is 0. The van der Waals surface area contributed by atoms with Gasteiger partial charge in [0.1, 0.15) is 0 Å². The van der Waals surface area contributed by atoms with E-state index in [9.17, 15) is 4.79 Å². The van der Waals surface area contributed by atoms with Crippen LogP contribution in [0.5, 0.6) is 0 Å². The second kappa shape index (κ2) is 12.4. The number of carbonyl (C=O) groups is 1. The van der Waals surface area contributed by atoms with Gasteiger partial charge in [0.05, 0.1) is 0 Å². The molecule has 0 saturated heterocycles. The van der Waals surface area contributed by atoms with Gasteiger partial charge < -0.3 is 0 Å². The van der Waals surface area contributed by atoms with Gasteiger partial charge in [-0.05, 0) is 0 Å². The van der Waals surface area contributed by atoms with Crippen molar-refractivity contribution in [2.45, 2.75) is 24.8 Å². The van der Waals surface area contributed by atoms with Crippen molar-refractivity contribution < 1.29 is 25.8 Å². The monoisotopic (exact) mass is 260 g/mol. The molecule has 0 saturated carbocycles. The summed E-state index contributed by atoms with van der Waals surface area (Å²) in [5.74, 6) is 0. The molecule has 0 spiro atoms. The first kappa shape index (κ1) is 13.3. The van der Waals surface area contributed by atoms with Crippen molar-refractivity contribution in [3.8, 4) is 0 Å². The number of carbonyl (C=O) groups excluding carboxylic acids is 1. The van der Waals surface area contributed by atoms with E-state index in [1.165, 1.54) is 6.42 Å². The van der Waals surface area contributed by atoms with E-state index in [1.807, 2.05) is 0 Å². The molecule has 2 nitrogen and oxygen atoms in total. The molecule has 0 heterocycles. The quantitative estimate of drug-likeness (QED) is 0.416. The summed E-state index contributed by atoms with van der Waals surface area (Å²) in [6.07, 6.45) is 3.29. The molecule has 0 rings (SSSR count). The van der Waals surface area contributed by atoms with E-state index in [0.29, 0.717) is 0 Å². The van der Waals surface area contributed by atoms with Gasteiger partial charge in [-0.15, -0.1) is 17.0 Å². The van der Waals surface area contributed by atoms with Gasteiger partial charge in [-0.1, -0.05) is 0 Å². The van der Waals surface area contributed by atoms with E-state index in [4.69, 9.17) is 3.56 Å². The summed E-state index contributed by atoms with van der Waals surface area (Å²) < 4.78 is 5.27. The molecule has 0 amide bonds. The molecule has 0 aromatic carbocycles. The van der Waals surface area contributed by atoms with Crippen LogP contribution in [0.2, 0.25) is 5.02 Å². The number of rotatable bonds is 6. The average molecular weight is 262 g/mol. The zero-order valence-corrected chi connectivity index (χ0v) is 11.0. The number of halogens is 1. The van der Waals surface area contributed by atoms with Crippen molar-refractivity contribution in [1.82, 2.24) is 0 Å². The Hall–Kier alpha value is 0.733. The van der Waals surface area contributed by atoms with Crippen LogP contribution >= 0.6 is 17.0 Å². The molecule has 0 aliphatic rings. The Morgan fingerprint density at radius 3 is 2.80 bits per heavy atom. The summed E-state index contributed by atoms with van der Waals surface area (Å²) in [5, 5.41) is 0.719. The third-order valence-electron chi connectivity index (χ3n) is 1.02.